The number of carbonyl (C=O) groups is 1. The molecule has 1 aromatic rings. The number of halogens is 1. The fourth-order valence-electron chi connectivity index (χ4n) is 1.61. The Labute approximate surface area is 99.7 Å². The van der Waals surface area contributed by atoms with Crippen LogP contribution in [-0.2, 0) is 11.3 Å². The van der Waals surface area contributed by atoms with Gasteiger partial charge in [-0.15, -0.1) is 12.4 Å². The number of carbonyl (C=O) groups excluding carboxylic acids is 1. The van der Waals surface area contributed by atoms with Gasteiger partial charge in [0.25, 0.3) is 0 Å². The van der Waals surface area contributed by atoms with Gasteiger partial charge < -0.3 is 10.6 Å². The standard InChI is InChI=1S/C10H14N2OS.ClH/c13-10(9-1-3-11-6-9)12-5-8-2-4-14-7-8;/h2,4,7,9,11H,1,3,5-6H2,(H,12,13);1H/t9-;/m1./s1. The van der Waals surface area contributed by atoms with E-state index in [1.807, 2.05) is 11.4 Å². The van der Waals surface area contributed by atoms with Gasteiger partial charge in [0.15, 0.2) is 0 Å². The fourth-order valence-corrected chi connectivity index (χ4v) is 2.27. The lowest BCUT2D eigenvalue weighted by Gasteiger charge is -2.08. The first-order valence-corrected chi connectivity index (χ1v) is 5.80. The molecule has 0 spiro atoms. The highest BCUT2D eigenvalue weighted by Gasteiger charge is 2.21. The molecule has 0 unspecified atom stereocenters. The lowest BCUT2D eigenvalue weighted by molar-refractivity contribution is -0.124. The molecule has 84 valence electrons. The van der Waals surface area contributed by atoms with E-state index in [2.05, 4.69) is 16.0 Å². The maximum absolute atomic E-state index is 11.6. The summed E-state index contributed by atoms with van der Waals surface area (Å²) < 4.78 is 0. The van der Waals surface area contributed by atoms with Crippen LogP contribution in [0, 0.1) is 5.92 Å². The molecule has 1 atom stereocenters. The topological polar surface area (TPSA) is 41.1 Å². The van der Waals surface area contributed by atoms with Gasteiger partial charge in [-0.05, 0) is 35.4 Å². The summed E-state index contributed by atoms with van der Waals surface area (Å²) in [7, 11) is 0. The normalized spacial score (nSPS) is 19.6. The van der Waals surface area contributed by atoms with Crippen LogP contribution in [0.15, 0.2) is 16.8 Å². The molecule has 0 aliphatic carbocycles. The average Bonchev–Trinajstić information content (AvgIpc) is 2.87. The van der Waals surface area contributed by atoms with Crippen molar-refractivity contribution < 1.29 is 4.79 Å². The highest BCUT2D eigenvalue weighted by molar-refractivity contribution is 7.07. The van der Waals surface area contributed by atoms with E-state index in [9.17, 15) is 4.79 Å². The van der Waals surface area contributed by atoms with Crippen molar-refractivity contribution in [3.8, 4) is 0 Å². The molecule has 0 radical (unpaired) electrons. The Morgan fingerprint density at radius 2 is 2.53 bits per heavy atom. The number of rotatable bonds is 3. The van der Waals surface area contributed by atoms with Crippen LogP contribution in [0.2, 0.25) is 0 Å². The number of thiophene rings is 1. The van der Waals surface area contributed by atoms with E-state index < -0.39 is 0 Å². The van der Waals surface area contributed by atoms with Crippen molar-refractivity contribution in [2.24, 2.45) is 5.92 Å². The summed E-state index contributed by atoms with van der Waals surface area (Å²) in [6, 6.07) is 2.04. The van der Waals surface area contributed by atoms with E-state index in [0.717, 1.165) is 19.5 Å². The van der Waals surface area contributed by atoms with Gasteiger partial charge in [0.2, 0.25) is 5.91 Å². The average molecular weight is 247 g/mol. The third-order valence-electron chi connectivity index (χ3n) is 2.48. The largest absolute Gasteiger partial charge is 0.352 e. The molecule has 1 aliphatic rings. The van der Waals surface area contributed by atoms with Gasteiger partial charge in [0, 0.05) is 13.1 Å². The molecule has 1 amide bonds. The van der Waals surface area contributed by atoms with Crippen LogP contribution in [-0.4, -0.2) is 19.0 Å². The maximum Gasteiger partial charge on any atom is 0.224 e. The van der Waals surface area contributed by atoms with Crippen LogP contribution in [0.3, 0.4) is 0 Å². The number of hydrogen-bond donors (Lipinski definition) is 2. The van der Waals surface area contributed by atoms with Crippen molar-refractivity contribution in [1.82, 2.24) is 10.6 Å². The molecule has 3 nitrogen and oxygen atoms in total. The Hall–Kier alpha value is -0.580. The summed E-state index contributed by atoms with van der Waals surface area (Å²) in [6.45, 7) is 2.46. The van der Waals surface area contributed by atoms with E-state index in [1.165, 1.54) is 5.56 Å². The molecule has 0 bridgehead atoms. The Kier molecular flexibility index (Phi) is 5.08. The minimum Gasteiger partial charge on any atom is -0.352 e. The van der Waals surface area contributed by atoms with E-state index >= 15 is 0 Å². The van der Waals surface area contributed by atoms with Crippen LogP contribution >= 0.6 is 23.7 Å². The summed E-state index contributed by atoms with van der Waals surface area (Å²) in [6.07, 6.45) is 0.968. The molecule has 2 N–H and O–H groups in total. The molecule has 1 aromatic heterocycles. The fraction of sp³-hybridized carbons (Fsp3) is 0.500. The van der Waals surface area contributed by atoms with Crippen molar-refractivity contribution in [3.63, 3.8) is 0 Å². The van der Waals surface area contributed by atoms with Gasteiger partial charge in [-0.25, -0.2) is 0 Å². The highest BCUT2D eigenvalue weighted by Crippen LogP contribution is 2.09. The van der Waals surface area contributed by atoms with E-state index in [-0.39, 0.29) is 24.2 Å². The second kappa shape index (κ2) is 6.10. The first-order valence-electron chi connectivity index (χ1n) is 4.86. The SMILES string of the molecule is Cl.O=C(NCc1ccsc1)[C@@H]1CCNC1. The van der Waals surface area contributed by atoms with Crippen LogP contribution in [0.4, 0.5) is 0 Å². The number of amides is 1. The molecule has 15 heavy (non-hydrogen) atoms. The highest BCUT2D eigenvalue weighted by atomic mass is 35.5. The molecule has 2 rings (SSSR count). The van der Waals surface area contributed by atoms with Gasteiger partial charge in [0.05, 0.1) is 5.92 Å². The minimum absolute atomic E-state index is 0. The van der Waals surface area contributed by atoms with Crippen LogP contribution in [0.1, 0.15) is 12.0 Å². The zero-order valence-electron chi connectivity index (χ0n) is 8.36. The van der Waals surface area contributed by atoms with Gasteiger partial charge in [-0.1, -0.05) is 0 Å². The van der Waals surface area contributed by atoms with E-state index in [1.54, 1.807) is 11.3 Å². The third kappa shape index (κ3) is 3.48. The summed E-state index contributed by atoms with van der Waals surface area (Å²) in [5, 5.41) is 10.2. The van der Waals surface area contributed by atoms with Gasteiger partial charge >= 0.3 is 0 Å². The Balaban J connectivity index is 0.00000112. The zero-order valence-corrected chi connectivity index (χ0v) is 10.00. The van der Waals surface area contributed by atoms with Crippen molar-refractivity contribution in [1.29, 1.82) is 0 Å². The van der Waals surface area contributed by atoms with Gasteiger partial charge in [0.1, 0.15) is 0 Å². The maximum atomic E-state index is 11.6. The lowest BCUT2D eigenvalue weighted by Crippen LogP contribution is -2.31. The molecule has 0 saturated carbocycles. The van der Waals surface area contributed by atoms with Crippen LogP contribution < -0.4 is 10.6 Å². The summed E-state index contributed by atoms with van der Waals surface area (Å²) in [4.78, 5) is 11.6. The summed E-state index contributed by atoms with van der Waals surface area (Å²) in [5.74, 6) is 0.356. The van der Waals surface area contributed by atoms with Gasteiger partial charge in [-0.3, -0.25) is 4.79 Å². The molecule has 0 aromatic carbocycles. The predicted molar refractivity (Wildman–Crippen MR) is 64.4 cm³/mol. The van der Waals surface area contributed by atoms with Crippen molar-refractivity contribution in [2.45, 2.75) is 13.0 Å². The second-order valence-electron chi connectivity index (χ2n) is 3.54. The lowest BCUT2D eigenvalue weighted by atomic mass is 10.1. The van der Waals surface area contributed by atoms with Crippen LogP contribution in [0.25, 0.3) is 0 Å². The second-order valence-corrected chi connectivity index (χ2v) is 4.32. The van der Waals surface area contributed by atoms with Crippen LogP contribution in [0.5, 0.6) is 0 Å². The molecule has 1 fully saturated rings. The van der Waals surface area contributed by atoms with Gasteiger partial charge in [-0.2, -0.15) is 11.3 Å². The molecular weight excluding hydrogens is 232 g/mol. The first kappa shape index (κ1) is 12.5. The minimum atomic E-state index is 0. The molecular formula is C10H15ClN2OS. The molecule has 1 aliphatic heterocycles. The molecule has 1 saturated heterocycles. The Morgan fingerprint density at radius 1 is 1.67 bits per heavy atom. The summed E-state index contributed by atoms with van der Waals surface area (Å²) in [5.41, 5.74) is 1.19. The first-order chi connectivity index (χ1) is 6.86. The van der Waals surface area contributed by atoms with E-state index in [4.69, 9.17) is 0 Å². The number of nitrogens with one attached hydrogen (secondary N) is 2. The Morgan fingerprint density at radius 3 is 3.13 bits per heavy atom. The smallest absolute Gasteiger partial charge is 0.224 e. The number of hydrogen-bond acceptors (Lipinski definition) is 3. The third-order valence-corrected chi connectivity index (χ3v) is 3.21. The van der Waals surface area contributed by atoms with Crippen molar-refractivity contribution >= 4 is 29.7 Å². The molecule has 2 heterocycles. The predicted octanol–water partition coefficient (Wildman–Crippen LogP) is 1.40. The van der Waals surface area contributed by atoms with Crippen molar-refractivity contribution in [2.75, 3.05) is 13.1 Å². The van der Waals surface area contributed by atoms with E-state index in [0.29, 0.717) is 6.54 Å². The zero-order chi connectivity index (χ0) is 9.80. The Bertz CT molecular complexity index is 296. The quantitative estimate of drug-likeness (QED) is 0.847. The summed E-state index contributed by atoms with van der Waals surface area (Å²) >= 11 is 1.66. The molecule has 5 heteroatoms. The van der Waals surface area contributed by atoms with Crippen molar-refractivity contribution in [3.05, 3.63) is 22.4 Å². The monoisotopic (exact) mass is 246 g/mol.